The molecule has 0 saturated carbocycles. The van der Waals surface area contributed by atoms with Crippen LogP contribution in [0.25, 0.3) is 10.9 Å². The van der Waals surface area contributed by atoms with Gasteiger partial charge in [-0.25, -0.2) is 0 Å². The zero-order valence-corrected chi connectivity index (χ0v) is 7.72. The number of hydrogen-bond acceptors (Lipinski definition) is 2. The Balaban J connectivity index is 2.97. The number of nitrogens with zero attached hydrogens (tertiary/aromatic N) is 1. The highest BCUT2D eigenvalue weighted by Crippen LogP contribution is 2.19. The molecule has 0 spiro atoms. The average molecular weight is 195 g/mol. The maximum Gasteiger partial charge on any atom is 0.280 e. The Hall–Kier alpha value is -1.35. The lowest BCUT2D eigenvalue weighted by atomic mass is 10.2. The van der Waals surface area contributed by atoms with Crippen LogP contribution in [0.2, 0.25) is 5.02 Å². The lowest BCUT2D eigenvalue weighted by Crippen LogP contribution is -2.06. The van der Waals surface area contributed by atoms with Crippen LogP contribution >= 0.6 is 11.6 Å². The van der Waals surface area contributed by atoms with E-state index in [1.165, 1.54) is 6.33 Å². The van der Waals surface area contributed by atoms with E-state index in [4.69, 9.17) is 11.6 Å². The first-order valence-electron chi connectivity index (χ1n) is 3.82. The molecule has 1 aromatic heterocycles. The van der Waals surface area contributed by atoms with Gasteiger partial charge >= 0.3 is 0 Å². The molecule has 0 aliphatic heterocycles. The number of hydrogen-bond donors (Lipinski definition) is 1. The second-order valence-electron chi connectivity index (χ2n) is 2.85. The standard InChI is InChI=1S/C9H7ClN2O/c1-5-2-6-8(3-7(5)10)11-4-12-9(6)13/h2-4H,1H3,(H,11,12,13). The van der Waals surface area contributed by atoms with Gasteiger partial charge in [-0.05, 0) is 24.6 Å². The summed E-state index contributed by atoms with van der Waals surface area (Å²) in [6.07, 6.45) is 1.37. The van der Waals surface area contributed by atoms with E-state index >= 15 is 0 Å². The van der Waals surface area contributed by atoms with E-state index < -0.39 is 0 Å². The second-order valence-corrected chi connectivity index (χ2v) is 3.26. The van der Waals surface area contributed by atoms with Crippen molar-refractivity contribution in [2.24, 2.45) is 0 Å². The van der Waals surface area contributed by atoms with Crippen molar-refractivity contribution < 1.29 is 0 Å². The van der Waals surface area contributed by atoms with Crippen molar-refractivity contribution in [2.75, 3.05) is 0 Å². The summed E-state index contributed by atoms with van der Waals surface area (Å²) in [5, 5.41) is 1.22. The van der Waals surface area contributed by atoms with Crippen molar-refractivity contribution in [1.82, 2.24) is 9.97 Å². The van der Waals surface area contributed by atoms with Gasteiger partial charge < -0.3 is 4.98 Å². The average Bonchev–Trinajstić information content (AvgIpc) is 2.09. The molecular formula is C9H7ClN2O. The molecule has 1 aromatic carbocycles. The minimum absolute atomic E-state index is 0.228. The van der Waals surface area contributed by atoms with E-state index in [1.54, 1.807) is 12.1 Å². The van der Waals surface area contributed by atoms with Crippen molar-refractivity contribution in [3.8, 4) is 0 Å². The number of benzene rings is 1. The molecule has 4 heteroatoms. The van der Waals surface area contributed by atoms with E-state index in [1.807, 2.05) is 6.92 Å². The van der Waals surface area contributed by atoms with Crippen LogP contribution in [0.5, 0.6) is 0 Å². The van der Waals surface area contributed by atoms with Crippen LogP contribution in [0.3, 0.4) is 0 Å². The van der Waals surface area contributed by atoms with Crippen molar-refractivity contribution >= 4 is 22.5 Å². The zero-order valence-electron chi connectivity index (χ0n) is 6.97. The molecule has 0 atom stereocenters. The van der Waals surface area contributed by atoms with Gasteiger partial charge in [-0.2, -0.15) is 4.98 Å². The first kappa shape index (κ1) is 8.26. The molecule has 2 aromatic rings. The van der Waals surface area contributed by atoms with E-state index in [2.05, 4.69) is 9.97 Å². The normalized spacial score (nSPS) is 10.6. The molecule has 1 heterocycles. The minimum Gasteiger partial charge on any atom is -0.346 e. The van der Waals surface area contributed by atoms with Crippen molar-refractivity contribution in [3.05, 3.63) is 39.4 Å². The third-order valence-corrected chi connectivity index (χ3v) is 2.34. The number of rotatable bonds is 0. The highest BCUT2D eigenvalue weighted by Gasteiger charge is 2.02. The van der Waals surface area contributed by atoms with Crippen molar-refractivity contribution in [2.45, 2.75) is 6.92 Å². The van der Waals surface area contributed by atoms with Crippen LogP contribution < -0.4 is 5.56 Å². The van der Waals surface area contributed by atoms with Gasteiger partial charge in [0.1, 0.15) is 0 Å². The van der Waals surface area contributed by atoms with Crippen LogP contribution in [0, 0.1) is 6.92 Å². The molecule has 0 bridgehead atoms. The fraction of sp³-hybridized carbons (Fsp3) is 0.111. The molecule has 0 saturated heterocycles. The summed E-state index contributed by atoms with van der Waals surface area (Å²) in [6, 6.07) is 3.47. The zero-order chi connectivity index (χ0) is 9.42. The van der Waals surface area contributed by atoms with E-state index in [9.17, 15) is 4.79 Å². The number of aryl methyl sites for hydroxylation is 1. The van der Waals surface area contributed by atoms with Gasteiger partial charge in [0, 0.05) is 5.02 Å². The van der Waals surface area contributed by atoms with Gasteiger partial charge in [-0.1, -0.05) is 11.6 Å². The number of fused-ring (bicyclic) bond motifs is 1. The summed E-state index contributed by atoms with van der Waals surface area (Å²) in [5.74, 6) is 0. The SMILES string of the molecule is Cc1cc2c(=O)nc[nH]c2cc1Cl. The summed E-state index contributed by atoms with van der Waals surface area (Å²) in [5.41, 5.74) is 1.37. The molecule has 0 fully saturated rings. The Bertz CT molecular complexity index is 518. The number of aromatic amines is 1. The second kappa shape index (κ2) is 2.85. The number of halogens is 1. The number of H-pyrrole nitrogens is 1. The first-order chi connectivity index (χ1) is 6.18. The topological polar surface area (TPSA) is 45.8 Å². The summed E-state index contributed by atoms with van der Waals surface area (Å²) in [7, 11) is 0. The number of aromatic nitrogens is 2. The van der Waals surface area contributed by atoms with Gasteiger partial charge in [0.15, 0.2) is 0 Å². The fourth-order valence-corrected chi connectivity index (χ4v) is 1.37. The van der Waals surface area contributed by atoms with Gasteiger partial charge in [0.25, 0.3) is 5.56 Å². The van der Waals surface area contributed by atoms with Gasteiger partial charge in [-0.15, -0.1) is 0 Å². The van der Waals surface area contributed by atoms with Crippen LogP contribution in [0.4, 0.5) is 0 Å². The highest BCUT2D eigenvalue weighted by molar-refractivity contribution is 6.32. The largest absolute Gasteiger partial charge is 0.346 e. The maximum atomic E-state index is 11.3. The van der Waals surface area contributed by atoms with Gasteiger partial charge in [-0.3, -0.25) is 4.79 Å². The summed E-state index contributed by atoms with van der Waals surface area (Å²) < 4.78 is 0. The van der Waals surface area contributed by atoms with E-state index in [0.717, 1.165) is 11.1 Å². The molecular weight excluding hydrogens is 188 g/mol. The van der Waals surface area contributed by atoms with Crippen LogP contribution in [-0.4, -0.2) is 9.97 Å². The molecule has 0 aliphatic carbocycles. The predicted octanol–water partition coefficient (Wildman–Crippen LogP) is 1.88. The number of nitrogens with one attached hydrogen (secondary N) is 1. The molecule has 3 nitrogen and oxygen atoms in total. The lowest BCUT2D eigenvalue weighted by molar-refractivity contribution is 1.17. The lowest BCUT2D eigenvalue weighted by Gasteiger charge is -1.99. The molecule has 0 unspecified atom stereocenters. The molecule has 0 aliphatic rings. The molecule has 0 radical (unpaired) electrons. The Morgan fingerprint density at radius 1 is 1.46 bits per heavy atom. The quantitative estimate of drug-likeness (QED) is 0.696. The maximum absolute atomic E-state index is 11.3. The molecule has 1 N–H and O–H groups in total. The summed E-state index contributed by atoms with van der Waals surface area (Å²) in [6.45, 7) is 1.86. The molecule has 2 rings (SSSR count). The Morgan fingerprint density at radius 3 is 3.00 bits per heavy atom. The monoisotopic (exact) mass is 194 g/mol. The van der Waals surface area contributed by atoms with Crippen molar-refractivity contribution in [1.29, 1.82) is 0 Å². The van der Waals surface area contributed by atoms with Gasteiger partial charge in [0.2, 0.25) is 0 Å². The van der Waals surface area contributed by atoms with Crippen LogP contribution in [-0.2, 0) is 0 Å². The van der Waals surface area contributed by atoms with E-state index in [0.29, 0.717) is 10.4 Å². The third-order valence-electron chi connectivity index (χ3n) is 1.93. The molecule has 0 amide bonds. The molecule has 66 valence electrons. The van der Waals surface area contributed by atoms with Crippen LogP contribution in [0.15, 0.2) is 23.3 Å². The Kier molecular flexibility index (Phi) is 1.81. The van der Waals surface area contributed by atoms with E-state index in [-0.39, 0.29) is 5.56 Å². The summed E-state index contributed by atoms with van der Waals surface area (Å²) in [4.78, 5) is 17.8. The third kappa shape index (κ3) is 1.31. The first-order valence-corrected chi connectivity index (χ1v) is 4.20. The van der Waals surface area contributed by atoms with Gasteiger partial charge in [0.05, 0.1) is 17.2 Å². The Morgan fingerprint density at radius 2 is 2.23 bits per heavy atom. The fourth-order valence-electron chi connectivity index (χ4n) is 1.21. The highest BCUT2D eigenvalue weighted by atomic mass is 35.5. The molecule has 13 heavy (non-hydrogen) atoms. The predicted molar refractivity (Wildman–Crippen MR) is 52.1 cm³/mol. The van der Waals surface area contributed by atoms with Crippen LogP contribution in [0.1, 0.15) is 5.56 Å². The minimum atomic E-state index is -0.228. The van der Waals surface area contributed by atoms with Crippen molar-refractivity contribution in [3.63, 3.8) is 0 Å². The summed E-state index contributed by atoms with van der Waals surface area (Å²) >= 11 is 5.90. The Labute approximate surface area is 79.4 Å². The smallest absolute Gasteiger partial charge is 0.280 e.